The van der Waals surface area contributed by atoms with E-state index in [0.29, 0.717) is 17.0 Å². The first-order chi connectivity index (χ1) is 17.6. The van der Waals surface area contributed by atoms with Crippen molar-refractivity contribution in [1.82, 2.24) is 4.98 Å². The summed E-state index contributed by atoms with van der Waals surface area (Å²) in [6.07, 6.45) is -1.44. The highest BCUT2D eigenvalue weighted by atomic mass is 79.9. The SMILES string of the molecule is COc1cccc(NC(=O)c2cc(Br)cc(N3CCN(c4ccncc4)CC3)c2)c1.O=C(O)C(F)(F)F. The average Bonchev–Trinajstić information content (AvgIpc) is 2.89. The molecule has 2 aromatic carbocycles. The summed E-state index contributed by atoms with van der Waals surface area (Å²) in [4.78, 5) is 30.5. The third-order valence-corrected chi connectivity index (χ3v) is 5.85. The van der Waals surface area contributed by atoms with E-state index in [1.54, 1.807) is 13.2 Å². The van der Waals surface area contributed by atoms with Crippen LogP contribution in [0.1, 0.15) is 10.4 Å². The zero-order valence-electron chi connectivity index (χ0n) is 19.7. The van der Waals surface area contributed by atoms with Crippen LogP contribution in [0.2, 0.25) is 0 Å². The monoisotopic (exact) mass is 580 g/mol. The molecule has 0 atom stereocenters. The number of piperazine rings is 1. The smallest absolute Gasteiger partial charge is 0.490 e. The molecule has 1 amide bonds. The highest BCUT2D eigenvalue weighted by Gasteiger charge is 2.38. The lowest BCUT2D eigenvalue weighted by molar-refractivity contribution is -0.192. The fraction of sp³-hybridized carbons (Fsp3) is 0.240. The molecule has 1 saturated heterocycles. The number of halogens is 4. The number of alkyl halides is 3. The molecule has 4 rings (SSSR count). The van der Waals surface area contributed by atoms with Gasteiger partial charge in [-0.05, 0) is 42.5 Å². The van der Waals surface area contributed by atoms with Crippen LogP contribution in [0.4, 0.5) is 30.2 Å². The number of pyridine rings is 1. The second-order valence-electron chi connectivity index (χ2n) is 7.87. The lowest BCUT2D eigenvalue weighted by Gasteiger charge is -2.37. The Bertz CT molecular complexity index is 1220. The molecule has 1 aromatic heterocycles. The van der Waals surface area contributed by atoms with Gasteiger partial charge in [-0.2, -0.15) is 13.2 Å². The number of hydrogen-bond donors (Lipinski definition) is 2. The van der Waals surface area contributed by atoms with Crippen LogP contribution in [0, 0.1) is 0 Å². The molecule has 1 aliphatic rings. The molecule has 0 radical (unpaired) electrons. The third-order valence-electron chi connectivity index (χ3n) is 5.39. The second kappa shape index (κ2) is 12.4. The Hall–Kier alpha value is -3.80. The van der Waals surface area contributed by atoms with Gasteiger partial charge in [-0.25, -0.2) is 4.79 Å². The summed E-state index contributed by atoms with van der Waals surface area (Å²) < 4.78 is 37.8. The molecule has 8 nitrogen and oxygen atoms in total. The van der Waals surface area contributed by atoms with E-state index in [0.717, 1.165) is 36.3 Å². The third kappa shape index (κ3) is 8.10. The number of carbonyl (C=O) groups excluding carboxylic acids is 1. The zero-order chi connectivity index (χ0) is 27.0. The summed E-state index contributed by atoms with van der Waals surface area (Å²) in [6.45, 7) is 3.61. The second-order valence-corrected chi connectivity index (χ2v) is 8.78. The van der Waals surface area contributed by atoms with Crippen LogP contribution >= 0.6 is 15.9 Å². The van der Waals surface area contributed by atoms with Crippen molar-refractivity contribution in [3.8, 4) is 5.75 Å². The number of rotatable bonds is 5. The molecule has 196 valence electrons. The van der Waals surface area contributed by atoms with Gasteiger partial charge < -0.3 is 25.0 Å². The molecule has 0 bridgehead atoms. The minimum absolute atomic E-state index is 0.152. The summed E-state index contributed by atoms with van der Waals surface area (Å²) >= 11 is 3.56. The standard InChI is InChI=1S/C23H23BrN4O2.C2HF3O2/c1-30-22-4-2-3-19(16-22)26-23(29)17-13-18(24)15-21(14-17)28-11-9-27(10-12-28)20-5-7-25-8-6-20;3-2(4,5)1(6)7/h2-8,13-16H,9-12H2,1H3,(H,26,29);(H,6,7). The van der Waals surface area contributed by atoms with Crippen molar-refractivity contribution >= 4 is 44.9 Å². The van der Waals surface area contributed by atoms with E-state index in [-0.39, 0.29) is 5.91 Å². The maximum absolute atomic E-state index is 12.8. The lowest BCUT2D eigenvalue weighted by Crippen LogP contribution is -2.46. The van der Waals surface area contributed by atoms with E-state index < -0.39 is 12.1 Å². The summed E-state index contributed by atoms with van der Waals surface area (Å²) in [5, 5.41) is 10.1. The van der Waals surface area contributed by atoms with Crippen LogP contribution in [-0.2, 0) is 4.79 Å². The number of ether oxygens (including phenoxy) is 1. The Morgan fingerprint density at radius 2 is 1.57 bits per heavy atom. The Morgan fingerprint density at radius 1 is 0.973 bits per heavy atom. The van der Waals surface area contributed by atoms with Gasteiger partial charge in [-0.1, -0.05) is 22.0 Å². The van der Waals surface area contributed by atoms with Crippen LogP contribution in [0.15, 0.2) is 71.5 Å². The van der Waals surface area contributed by atoms with Crippen molar-refractivity contribution in [3.63, 3.8) is 0 Å². The number of carbonyl (C=O) groups is 2. The van der Waals surface area contributed by atoms with Gasteiger partial charge in [0.05, 0.1) is 7.11 Å². The molecule has 0 aliphatic carbocycles. The fourth-order valence-electron chi connectivity index (χ4n) is 3.57. The Morgan fingerprint density at radius 3 is 2.14 bits per heavy atom. The molecule has 3 aromatic rings. The minimum Gasteiger partial charge on any atom is -0.497 e. The number of anilines is 3. The van der Waals surface area contributed by atoms with Gasteiger partial charge in [-0.15, -0.1) is 0 Å². The van der Waals surface area contributed by atoms with Gasteiger partial charge in [0.1, 0.15) is 5.75 Å². The summed E-state index contributed by atoms with van der Waals surface area (Å²) in [7, 11) is 1.61. The molecular weight excluding hydrogens is 557 g/mol. The van der Waals surface area contributed by atoms with Gasteiger partial charge in [0, 0.05) is 71.7 Å². The van der Waals surface area contributed by atoms with Crippen LogP contribution in [-0.4, -0.2) is 61.4 Å². The van der Waals surface area contributed by atoms with Crippen molar-refractivity contribution < 1.29 is 32.6 Å². The van der Waals surface area contributed by atoms with Crippen LogP contribution in [0.5, 0.6) is 5.75 Å². The topological polar surface area (TPSA) is 95.0 Å². The van der Waals surface area contributed by atoms with Crippen LogP contribution in [0.3, 0.4) is 0 Å². The number of aliphatic carboxylic acids is 1. The molecule has 12 heteroatoms. The zero-order valence-corrected chi connectivity index (χ0v) is 21.3. The Labute approximate surface area is 219 Å². The van der Waals surface area contributed by atoms with E-state index in [9.17, 15) is 18.0 Å². The average molecular weight is 581 g/mol. The van der Waals surface area contributed by atoms with Crippen LogP contribution in [0.25, 0.3) is 0 Å². The van der Waals surface area contributed by atoms with Crippen molar-refractivity contribution in [2.75, 3.05) is 48.4 Å². The molecule has 1 aliphatic heterocycles. The first-order valence-electron chi connectivity index (χ1n) is 11.0. The maximum Gasteiger partial charge on any atom is 0.490 e. The Kier molecular flexibility index (Phi) is 9.34. The predicted molar refractivity (Wildman–Crippen MR) is 137 cm³/mol. The largest absolute Gasteiger partial charge is 0.497 e. The highest BCUT2D eigenvalue weighted by molar-refractivity contribution is 9.10. The van der Waals surface area contributed by atoms with E-state index in [2.05, 4.69) is 42.1 Å². The molecule has 0 unspecified atom stereocenters. The molecule has 2 N–H and O–H groups in total. The van der Waals surface area contributed by atoms with Gasteiger partial charge in [0.2, 0.25) is 0 Å². The molecule has 37 heavy (non-hydrogen) atoms. The number of methoxy groups -OCH3 is 1. The maximum atomic E-state index is 12.8. The summed E-state index contributed by atoms with van der Waals surface area (Å²) in [6, 6.07) is 17.3. The number of carboxylic acid groups (broad SMARTS) is 1. The predicted octanol–water partition coefficient (Wildman–Crippen LogP) is 5.06. The van der Waals surface area contributed by atoms with Gasteiger partial charge in [-0.3, -0.25) is 9.78 Å². The first-order valence-corrected chi connectivity index (χ1v) is 11.8. The van der Waals surface area contributed by atoms with E-state index >= 15 is 0 Å². The van der Waals surface area contributed by atoms with Crippen LogP contribution < -0.4 is 19.9 Å². The summed E-state index contributed by atoms with van der Waals surface area (Å²) in [5.74, 6) is -2.21. The number of amides is 1. The van der Waals surface area contributed by atoms with E-state index in [1.807, 2.05) is 54.9 Å². The number of aromatic nitrogens is 1. The Balaban J connectivity index is 0.000000479. The molecule has 1 fully saturated rings. The van der Waals surface area contributed by atoms with Crippen molar-refractivity contribution in [1.29, 1.82) is 0 Å². The number of hydrogen-bond acceptors (Lipinski definition) is 6. The van der Waals surface area contributed by atoms with Gasteiger partial charge >= 0.3 is 12.1 Å². The highest BCUT2D eigenvalue weighted by Crippen LogP contribution is 2.26. The molecule has 2 heterocycles. The number of benzene rings is 2. The van der Waals surface area contributed by atoms with Gasteiger partial charge in [0.15, 0.2) is 0 Å². The molecule has 0 spiro atoms. The fourth-order valence-corrected chi connectivity index (χ4v) is 4.05. The van der Waals surface area contributed by atoms with E-state index in [4.69, 9.17) is 14.6 Å². The molecular formula is C25H24BrF3N4O4. The van der Waals surface area contributed by atoms with E-state index in [1.165, 1.54) is 5.69 Å². The lowest BCUT2D eigenvalue weighted by atomic mass is 10.1. The van der Waals surface area contributed by atoms with Crippen molar-refractivity contribution in [2.45, 2.75) is 6.18 Å². The molecule has 0 saturated carbocycles. The quantitative estimate of drug-likeness (QED) is 0.435. The normalized spacial score (nSPS) is 13.3. The van der Waals surface area contributed by atoms with Gasteiger partial charge in [0.25, 0.3) is 5.91 Å². The summed E-state index contributed by atoms with van der Waals surface area (Å²) in [5.41, 5.74) is 3.54. The van der Waals surface area contributed by atoms with Crippen molar-refractivity contribution in [3.05, 3.63) is 77.0 Å². The van der Waals surface area contributed by atoms with Crippen molar-refractivity contribution in [2.24, 2.45) is 0 Å². The number of nitrogens with zero attached hydrogens (tertiary/aromatic N) is 3. The number of carboxylic acids is 1. The first kappa shape index (κ1) is 27.8. The minimum atomic E-state index is -5.08. The number of nitrogens with one attached hydrogen (secondary N) is 1.